The molecule has 0 bridgehead atoms. The number of carbonyl (C=O) groups is 1. The Bertz CT molecular complexity index is 403. The summed E-state index contributed by atoms with van der Waals surface area (Å²) < 4.78 is 0. The molecule has 0 aliphatic carbocycles. The summed E-state index contributed by atoms with van der Waals surface area (Å²) in [6.45, 7) is 10.3. The highest BCUT2D eigenvalue weighted by Crippen LogP contribution is 2.21. The molecule has 1 atom stereocenters. The van der Waals surface area contributed by atoms with Crippen LogP contribution in [0.25, 0.3) is 0 Å². The molecule has 0 saturated heterocycles. The van der Waals surface area contributed by atoms with Gasteiger partial charge >= 0.3 is 0 Å². The van der Waals surface area contributed by atoms with Crippen LogP contribution < -0.4 is 11.1 Å². The second kappa shape index (κ2) is 5.52. The number of carbonyl (C=O) groups excluding carboxylic acids is 1. The second-order valence-corrected chi connectivity index (χ2v) is 6.14. The monoisotopic (exact) mass is 252 g/mol. The highest BCUT2D eigenvalue weighted by Gasteiger charge is 2.19. The van der Waals surface area contributed by atoms with E-state index in [4.69, 9.17) is 5.73 Å². The third-order valence-corrected chi connectivity index (χ3v) is 2.70. The molecule has 0 spiro atoms. The molecule has 1 aromatic rings. The van der Waals surface area contributed by atoms with Gasteiger partial charge in [-0.2, -0.15) is 5.10 Å². The largest absolute Gasteiger partial charge is 0.320 e. The molecule has 0 aliphatic heterocycles. The van der Waals surface area contributed by atoms with E-state index in [0.717, 1.165) is 5.69 Å². The summed E-state index contributed by atoms with van der Waals surface area (Å²) in [5.41, 5.74) is 6.77. The van der Waals surface area contributed by atoms with E-state index < -0.39 is 6.04 Å². The van der Waals surface area contributed by atoms with Gasteiger partial charge in [0.2, 0.25) is 5.91 Å². The minimum atomic E-state index is -0.486. The van der Waals surface area contributed by atoms with E-state index in [-0.39, 0.29) is 11.3 Å². The molecule has 102 valence electrons. The lowest BCUT2D eigenvalue weighted by Gasteiger charge is -2.15. The number of nitrogens with zero attached hydrogens (tertiary/aromatic N) is 1. The number of hydrogen-bond donors (Lipinski definition) is 3. The van der Waals surface area contributed by atoms with Crippen molar-refractivity contribution in [2.45, 2.75) is 52.5 Å². The molecular weight excluding hydrogens is 228 g/mol. The molecule has 0 fully saturated rings. The SMILES string of the molecule is CC(C)C[C@H](N)C(=O)Nc1cc(C(C)(C)C)[nH]n1. The molecule has 5 heteroatoms. The van der Waals surface area contributed by atoms with Crippen LogP contribution in [-0.2, 0) is 10.2 Å². The average molecular weight is 252 g/mol. The topological polar surface area (TPSA) is 83.8 Å². The summed E-state index contributed by atoms with van der Waals surface area (Å²) >= 11 is 0. The fourth-order valence-electron chi connectivity index (χ4n) is 1.60. The van der Waals surface area contributed by atoms with Gasteiger partial charge in [0.25, 0.3) is 0 Å². The molecule has 1 aromatic heterocycles. The lowest BCUT2D eigenvalue weighted by Crippen LogP contribution is -2.36. The van der Waals surface area contributed by atoms with E-state index in [1.54, 1.807) is 0 Å². The third-order valence-electron chi connectivity index (χ3n) is 2.70. The number of amides is 1. The number of nitrogens with one attached hydrogen (secondary N) is 2. The van der Waals surface area contributed by atoms with Crippen molar-refractivity contribution >= 4 is 11.7 Å². The summed E-state index contributed by atoms with van der Waals surface area (Å²) in [5.74, 6) is 0.745. The van der Waals surface area contributed by atoms with Crippen LogP contribution in [0.15, 0.2) is 6.07 Å². The van der Waals surface area contributed by atoms with Crippen LogP contribution in [0.4, 0.5) is 5.82 Å². The Labute approximate surface area is 109 Å². The number of H-pyrrole nitrogens is 1. The Morgan fingerprint density at radius 3 is 2.56 bits per heavy atom. The van der Waals surface area contributed by atoms with Crippen LogP contribution in [0.3, 0.4) is 0 Å². The lowest BCUT2D eigenvalue weighted by atomic mass is 9.92. The van der Waals surface area contributed by atoms with E-state index in [9.17, 15) is 4.79 Å². The Balaban J connectivity index is 2.63. The summed E-state index contributed by atoms with van der Waals surface area (Å²) in [4.78, 5) is 11.8. The third kappa shape index (κ3) is 4.14. The van der Waals surface area contributed by atoms with Crippen molar-refractivity contribution < 1.29 is 4.79 Å². The van der Waals surface area contributed by atoms with Gasteiger partial charge in [0.15, 0.2) is 5.82 Å². The van der Waals surface area contributed by atoms with Gasteiger partial charge < -0.3 is 11.1 Å². The van der Waals surface area contributed by atoms with Crippen molar-refractivity contribution in [1.82, 2.24) is 10.2 Å². The Morgan fingerprint density at radius 2 is 2.11 bits per heavy atom. The fraction of sp³-hybridized carbons (Fsp3) is 0.692. The van der Waals surface area contributed by atoms with Crippen LogP contribution in [0.2, 0.25) is 0 Å². The molecule has 0 unspecified atom stereocenters. The second-order valence-electron chi connectivity index (χ2n) is 6.14. The van der Waals surface area contributed by atoms with E-state index in [1.807, 2.05) is 19.9 Å². The van der Waals surface area contributed by atoms with Crippen molar-refractivity contribution in [1.29, 1.82) is 0 Å². The van der Waals surface area contributed by atoms with E-state index in [0.29, 0.717) is 18.2 Å². The number of rotatable bonds is 4. The summed E-state index contributed by atoms with van der Waals surface area (Å²) in [7, 11) is 0. The highest BCUT2D eigenvalue weighted by molar-refractivity contribution is 5.93. The molecule has 5 nitrogen and oxygen atoms in total. The number of aromatic nitrogens is 2. The van der Waals surface area contributed by atoms with Gasteiger partial charge in [0.05, 0.1) is 6.04 Å². The van der Waals surface area contributed by atoms with Gasteiger partial charge in [0, 0.05) is 17.2 Å². The predicted octanol–water partition coefficient (Wildman–Crippen LogP) is 2.02. The molecule has 1 heterocycles. The smallest absolute Gasteiger partial charge is 0.242 e. The first kappa shape index (κ1) is 14.7. The molecule has 18 heavy (non-hydrogen) atoms. The van der Waals surface area contributed by atoms with E-state index in [1.165, 1.54) is 0 Å². The first-order chi connectivity index (χ1) is 8.20. The predicted molar refractivity (Wildman–Crippen MR) is 73.3 cm³/mol. The Hall–Kier alpha value is -1.36. The molecule has 0 aromatic carbocycles. The van der Waals surface area contributed by atoms with Gasteiger partial charge in [-0.1, -0.05) is 34.6 Å². The average Bonchev–Trinajstić information content (AvgIpc) is 2.64. The van der Waals surface area contributed by atoms with Crippen LogP contribution >= 0.6 is 0 Å². The fourth-order valence-corrected chi connectivity index (χ4v) is 1.60. The first-order valence-electron chi connectivity index (χ1n) is 6.32. The van der Waals surface area contributed by atoms with Gasteiger partial charge in [-0.15, -0.1) is 0 Å². The van der Waals surface area contributed by atoms with Crippen LogP contribution in [0.1, 0.15) is 46.7 Å². The van der Waals surface area contributed by atoms with E-state index >= 15 is 0 Å². The van der Waals surface area contributed by atoms with Gasteiger partial charge in [0.1, 0.15) is 0 Å². The molecule has 1 amide bonds. The van der Waals surface area contributed by atoms with Crippen LogP contribution in [0.5, 0.6) is 0 Å². The minimum absolute atomic E-state index is 0.0178. The summed E-state index contributed by atoms with van der Waals surface area (Å²) in [6, 6.07) is 1.36. The molecule has 0 radical (unpaired) electrons. The molecule has 4 N–H and O–H groups in total. The molecule has 0 aliphatic rings. The number of aromatic amines is 1. The molecule has 1 rings (SSSR count). The maximum absolute atomic E-state index is 11.8. The lowest BCUT2D eigenvalue weighted by molar-refractivity contribution is -0.117. The Morgan fingerprint density at radius 1 is 1.50 bits per heavy atom. The maximum atomic E-state index is 11.8. The van der Waals surface area contributed by atoms with Gasteiger partial charge in [-0.25, -0.2) is 0 Å². The van der Waals surface area contributed by atoms with Crippen molar-refractivity contribution in [2.75, 3.05) is 5.32 Å². The molecular formula is C13H24N4O. The van der Waals surface area contributed by atoms with E-state index in [2.05, 4.69) is 36.3 Å². The zero-order valence-corrected chi connectivity index (χ0v) is 11.9. The number of hydrogen-bond acceptors (Lipinski definition) is 3. The summed E-state index contributed by atoms with van der Waals surface area (Å²) in [6.07, 6.45) is 0.669. The van der Waals surface area contributed by atoms with Gasteiger partial charge in [-0.05, 0) is 12.3 Å². The normalized spacial score (nSPS) is 13.7. The zero-order chi connectivity index (χ0) is 13.9. The Kier molecular flexibility index (Phi) is 4.51. The number of anilines is 1. The highest BCUT2D eigenvalue weighted by atomic mass is 16.2. The van der Waals surface area contributed by atoms with Crippen molar-refractivity contribution in [3.63, 3.8) is 0 Å². The number of nitrogens with two attached hydrogens (primary N) is 1. The van der Waals surface area contributed by atoms with Crippen LogP contribution in [0, 0.1) is 5.92 Å². The summed E-state index contributed by atoms with van der Waals surface area (Å²) in [5, 5.41) is 9.73. The molecule has 0 saturated carbocycles. The standard InChI is InChI=1S/C13H24N4O/c1-8(2)6-9(14)12(18)15-11-7-10(16-17-11)13(3,4)5/h7-9H,6,14H2,1-5H3,(H2,15,16,17,18)/t9-/m0/s1. The van der Waals surface area contributed by atoms with Gasteiger partial charge in [-0.3, -0.25) is 9.89 Å². The van der Waals surface area contributed by atoms with Crippen molar-refractivity contribution in [2.24, 2.45) is 11.7 Å². The maximum Gasteiger partial charge on any atom is 0.242 e. The first-order valence-corrected chi connectivity index (χ1v) is 6.32. The minimum Gasteiger partial charge on any atom is -0.320 e. The van der Waals surface area contributed by atoms with Crippen molar-refractivity contribution in [3.8, 4) is 0 Å². The van der Waals surface area contributed by atoms with Crippen molar-refractivity contribution in [3.05, 3.63) is 11.8 Å². The zero-order valence-electron chi connectivity index (χ0n) is 11.9. The van der Waals surface area contributed by atoms with Crippen LogP contribution in [-0.4, -0.2) is 22.1 Å². The quantitative estimate of drug-likeness (QED) is 0.766.